The standard InChI is InChI=1S/C24H32BNO3/c1-18(2)9-10-19-5-3-7-22(15-19)21-11-13-26(14-12-21)24(27)17-20-6-4-8-23(16-20)25(28)29/h3-8,15-16,18,21,28-29H,9-14,17H2,1-2H3. The van der Waals surface area contributed by atoms with Gasteiger partial charge in [0.25, 0.3) is 0 Å². The van der Waals surface area contributed by atoms with Crippen LogP contribution in [0.3, 0.4) is 0 Å². The number of rotatable bonds is 7. The fourth-order valence-corrected chi connectivity index (χ4v) is 4.07. The largest absolute Gasteiger partial charge is 0.488 e. The van der Waals surface area contributed by atoms with Crippen LogP contribution >= 0.6 is 0 Å². The first kappa shape index (κ1) is 21.6. The maximum absolute atomic E-state index is 12.7. The number of aryl methyl sites for hydroxylation is 1. The zero-order valence-corrected chi connectivity index (χ0v) is 17.6. The van der Waals surface area contributed by atoms with Crippen LogP contribution in [0, 0.1) is 5.92 Å². The van der Waals surface area contributed by atoms with Crippen LogP contribution in [0.2, 0.25) is 0 Å². The Morgan fingerprint density at radius 2 is 1.76 bits per heavy atom. The molecule has 0 atom stereocenters. The van der Waals surface area contributed by atoms with Crippen molar-refractivity contribution in [1.29, 1.82) is 0 Å². The third kappa shape index (κ3) is 6.18. The van der Waals surface area contributed by atoms with Gasteiger partial charge in [0.2, 0.25) is 5.91 Å². The summed E-state index contributed by atoms with van der Waals surface area (Å²) in [7, 11) is -1.50. The van der Waals surface area contributed by atoms with E-state index in [2.05, 4.69) is 38.1 Å². The molecule has 1 fully saturated rings. The number of benzene rings is 2. The lowest BCUT2D eigenvalue weighted by atomic mass is 9.79. The molecule has 1 aliphatic heterocycles. The Morgan fingerprint density at radius 1 is 1.07 bits per heavy atom. The number of carbonyl (C=O) groups is 1. The van der Waals surface area contributed by atoms with Gasteiger partial charge in [0, 0.05) is 13.1 Å². The van der Waals surface area contributed by atoms with Gasteiger partial charge in [-0.3, -0.25) is 4.79 Å². The number of piperidine rings is 1. The summed E-state index contributed by atoms with van der Waals surface area (Å²) >= 11 is 0. The fourth-order valence-electron chi connectivity index (χ4n) is 4.07. The van der Waals surface area contributed by atoms with E-state index in [4.69, 9.17) is 0 Å². The lowest BCUT2D eigenvalue weighted by molar-refractivity contribution is -0.131. The van der Waals surface area contributed by atoms with Gasteiger partial charge >= 0.3 is 7.12 Å². The van der Waals surface area contributed by atoms with E-state index in [0.717, 1.165) is 37.9 Å². The second kappa shape index (κ2) is 10.1. The lowest BCUT2D eigenvalue weighted by Crippen LogP contribution is -2.39. The molecule has 0 aromatic heterocycles. The molecule has 4 nitrogen and oxygen atoms in total. The van der Waals surface area contributed by atoms with Crippen LogP contribution in [0.1, 0.15) is 55.7 Å². The zero-order chi connectivity index (χ0) is 20.8. The van der Waals surface area contributed by atoms with Crippen molar-refractivity contribution in [3.05, 3.63) is 65.2 Å². The minimum atomic E-state index is -1.50. The predicted octanol–water partition coefficient (Wildman–Crippen LogP) is 2.90. The summed E-state index contributed by atoms with van der Waals surface area (Å²) in [5.41, 5.74) is 4.07. The molecular weight excluding hydrogens is 361 g/mol. The summed E-state index contributed by atoms with van der Waals surface area (Å²) in [6.07, 6.45) is 4.63. The normalized spacial score (nSPS) is 15.0. The Balaban J connectivity index is 1.54. The topological polar surface area (TPSA) is 60.8 Å². The van der Waals surface area contributed by atoms with Gasteiger partial charge in [0.05, 0.1) is 6.42 Å². The lowest BCUT2D eigenvalue weighted by Gasteiger charge is -2.32. The summed E-state index contributed by atoms with van der Waals surface area (Å²) in [6, 6.07) is 15.9. The molecule has 0 radical (unpaired) electrons. The molecule has 0 unspecified atom stereocenters. The molecule has 1 amide bonds. The summed E-state index contributed by atoms with van der Waals surface area (Å²) in [4.78, 5) is 14.6. The molecule has 2 aromatic carbocycles. The highest BCUT2D eigenvalue weighted by atomic mass is 16.4. The van der Waals surface area contributed by atoms with Crippen molar-refractivity contribution in [2.75, 3.05) is 13.1 Å². The van der Waals surface area contributed by atoms with Gasteiger partial charge in [-0.05, 0) is 59.7 Å². The van der Waals surface area contributed by atoms with Crippen LogP contribution < -0.4 is 5.46 Å². The molecule has 3 rings (SSSR count). The van der Waals surface area contributed by atoms with Gasteiger partial charge in [0.1, 0.15) is 0 Å². The van der Waals surface area contributed by atoms with Gasteiger partial charge in [-0.1, -0.05) is 62.4 Å². The van der Waals surface area contributed by atoms with Crippen molar-refractivity contribution in [2.24, 2.45) is 5.92 Å². The zero-order valence-electron chi connectivity index (χ0n) is 17.6. The van der Waals surface area contributed by atoms with E-state index >= 15 is 0 Å². The first-order chi connectivity index (χ1) is 13.9. The monoisotopic (exact) mass is 393 g/mol. The molecule has 2 N–H and O–H groups in total. The van der Waals surface area contributed by atoms with E-state index in [0.29, 0.717) is 23.7 Å². The molecule has 0 aliphatic carbocycles. The van der Waals surface area contributed by atoms with Gasteiger partial charge in [0.15, 0.2) is 0 Å². The molecule has 1 aliphatic rings. The molecule has 0 spiro atoms. The van der Waals surface area contributed by atoms with E-state index < -0.39 is 7.12 Å². The molecular formula is C24H32BNO3. The van der Waals surface area contributed by atoms with Gasteiger partial charge < -0.3 is 14.9 Å². The van der Waals surface area contributed by atoms with E-state index in [1.807, 2.05) is 11.0 Å². The van der Waals surface area contributed by atoms with Crippen molar-refractivity contribution in [3.8, 4) is 0 Å². The molecule has 5 heteroatoms. The Morgan fingerprint density at radius 3 is 2.45 bits per heavy atom. The highest BCUT2D eigenvalue weighted by molar-refractivity contribution is 6.58. The van der Waals surface area contributed by atoms with E-state index in [-0.39, 0.29) is 5.91 Å². The fraction of sp³-hybridized carbons (Fsp3) is 0.458. The average Bonchev–Trinajstić information content (AvgIpc) is 2.72. The van der Waals surface area contributed by atoms with Crippen molar-refractivity contribution in [1.82, 2.24) is 4.90 Å². The van der Waals surface area contributed by atoms with E-state index in [1.165, 1.54) is 17.5 Å². The van der Waals surface area contributed by atoms with Crippen LogP contribution in [0.25, 0.3) is 0 Å². The maximum Gasteiger partial charge on any atom is 0.488 e. The molecule has 0 bridgehead atoms. The van der Waals surface area contributed by atoms with Crippen molar-refractivity contribution < 1.29 is 14.8 Å². The number of hydrogen-bond acceptors (Lipinski definition) is 3. The molecule has 0 saturated carbocycles. The van der Waals surface area contributed by atoms with Crippen LogP contribution in [-0.4, -0.2) is 41.1 Å². The van der Waals surface area contributed by atoms with Gasteiger partial charge in [-0.2, -0.15) is 0 Å². The van der Waals surface area contributed by atoms with Crippen molar-refractivity contribution >= 4 is 18.5 Å². The maximum atomic E-state index is 12.7. The number of nitrogens with zero attached hydrogens (tertiary/aromatic N) is 1. The Hall–Kier alpha value is -2.11. The first-order valence-corrected chi connectivity index (χ1v) is 10.7. The third-order valence-electron chi connectivity index (χ3n) is 5.88. The number of carbonyl (C=O) groups excluding carboxylic acids is 1. The minimum Gasteiger partial charge on any atom is -0.423 e. The van der Waals surface area contributed by atoms with Crippen LogP contribution in [0.15, 0.2) is 48.5 Å². The van der Waals surface area contributed by atoms with Gasteiger partial charge in [-0.15, -0.1) is 0 Å². The Bertz CT molecular complexity index is 813. The quantitative estimate of drug-likeness (QED) is 0.712. The van der Waals surface area contributed by atoms with Crippen molar-refractivity contribution in [3.63, 3.8) is 0 Å². The number of hydrogen-bond donors (Lipinski definition) is 2. The third-order valence-corrected chi connectivity index (χ3v) is 5.88. The van der Waals surface area contributed by atoms with E-state index in [1.54, 1.807) is 18.2 Å². The predicted molar refractivity (Wildman–Crippen MR) is 118 cm³/mol. The van der Waals surface area contributed by atoms with Crippen LogP contribution in [0.5, 0.6) is 0 Å². The Labute approximate surface area is 174 Å². The second-order valence-corrected chi connectivity index (χ2v) is 8.63. The highest BCUT2D eigenvalue weighted by Gasteiger charge is 2.24. The molecule has 2 aromatic rings. The SMILES string of the molecule is CC(C)CCc1cccc(C2CCN(C(=O)Cc3cccc(B(O)O)c3)CC2)c1. The number of likely N-dealkylation sites (tertiary alicyclic amines) is 1. The summed E-state index contributed by atoms with van der Waals surface area (Å²) in [6.45, 7) is 6.08. The van der Waals surface area contributed by atoms with E-state index in [9.17, 15) is 14.8 Å². The average molecular weight is 393 g/mol. The molecule has 154 valence electrons. The molecule has 29 heavy (non-hydrogen) atoms. The number of amides is 1. The van der Waals surface area contributed by atoms with Crippen LogP contribution in [-0.2, 0) is 17.6 Å². The summed E-state index contributed by atoms with van der Waals surface area (Å²) in [5.74, 6) is 1.35. The first-order valence-electron chi connectivity index (χ1n) is 10.7. The van der Waals surface area contributed by atoms with Crippen molar-refractivity contribution in [2.45, 2.75) is 51.9 Å². The second-order valence-electron chi connectivity index (χ2n) is 8.63. The summed E-state index contributed by atoms with van der Waals surface area (Å²) in [5, 5.41) is 18.6. The Kier molecular flexibility index (Phi) is 7.51. The smallest absolute Gasteiger partial charge is 0.423 e. The molecule has 1 saturated heterocycles. The molecule has 1 heterocycles. The van der Waals surface area contributed by atoms with Gasteiger partial charge in [-0.25, -0.2) is 0 Å². The minimum absolute atomic E-state index is 0.110. The highest BCUT2D eigenvalue weighted by Crippen LogP contribution is 2.29. The summed E-state index contributed by atoms with van der Waals surface area (Å²) < 4.78 is 0. The van der Waals surface area contributed by atoms with Crippen LogP contribution in [0.4, 0.5) is 0 Å².